The molecule has 0 unspecified atom stereocenters. The van der Waals surface area contributed by atoms with E-state index in [4.69, 9.17) is 50.2 Å². The molecule has 122 valence electrons. The molecule has 10 radical (unpaired) electrons. The molecule has 4 rings (SSSR count). The number of hydrogen-bond acceptors (Lipinski definition) is 3. The van der Waals surface area contributed by atoms with E-state index in [9.17, 15) is 0 Å². The van der Waals surface area contributed by atoms with Crippen molar-refractivity contribution < 1.29 is 0 Å². The quantitative estimate of drug-likeness (QED) is 0.580. The molecule has 0 saturated heterocycles. The first-order valence-corrected chi connectivity index (χ1v) is 9.85. The Bertz CT molecular complexity index is 650. The second-order valence-electron chi connectivity index (χ2n) is 8.59. The van der Waals surface area contributed by atoms with Crippen molar-refractivity contribution in [2.75, 3.05) is 11.5 Å². The zero-order valence-electron chi connectivity index (χ0n) is 16.3. The van der Waals surface area contributed by atoms with E-state index in [1.807, 2.05) is 0 Å². The Hall–Kier alpha value is -0.311. The summed E-state index contributed by atoms with van der Waals surface area (Å²) in [7, 11) is 27.0. The first-order valence-electron chi connectivity index (χ1n) is 9.38. The molecule has 2 bridgehead atoms. The monoisotopic (exact) mass is 358 g/mol. The normalized spacial score (nSPS) is 24.7. The molecule has 0 spiro atoms. The van der Waals surface area contributed by atoms with Crippen molar-refractivity contribution in [1.82, 2.24) is 0 Å². The molecule has 1 saturated carbocycles. The van der Waals surface area contributed by atoms with E-state index in [2.05, 4.69) is 38.0 Å². The third-order valence-corrected chi connectivity index (χ3v) is 6.79. The van der Waals surface area contributed by atoms with Gasteiger partial charge in [-0.05, 0) is 59.8 Å². The minimum atomic E-state index is -0.645. The fraction of sp³-hybridized carbons (Fsp3) is 0.571. The summed E-state index contributed by atoms with van der Waals surface area (Å²) in [5.74, 6) is 0. The van der Waals surface area contributed by atoms with Crippen molar-refractivity contribution in [3.8, 4) is 0 Å². The first kappa shape index (κ1) is 23.0. The molecule has 3 aliphatic carbocycles. The summed E-state index contributed by atoms with van der Waals surface area (Å²) in [4.78, 5) is 0. The van der Waals surface area contributed by atoms with Gasteiger partial charge in [-0.15, -0.1) is 0 Å². The number of rotatable bonds is 4. The average molecular weight is 357 g/mol. The van der Waals surface area contributed by atoms with E-state index in [0.717, 1.165) is 11.4 Å². The molecule has 0 atom stereocenters. The summed E-state index contributed by atoms with van der Waals surface area (Å²) in [5, 5.41) is 0. The predicted octanol–water partition coefficient (Wildman–Crippen LogP) is -0.206. The first-order chi connectivity index (χ1) is 12.4. The molecule has 0 aromatic heterocycles. The van der Waals surface area contributed by atoms with Crippen LogP contribution < -0.4 is 11.5 Å². The maximum absolute atomic E-state index is 5.95. The molecule has 1 aromatic rings. The van der Waals surface area contributed by atoms with Crippen molar-refractivity contribution in [3.63, 3.8) is 0 Å². The van der Waals surface area contributed by atoms with Gasteiger partial charge in [-0.2, -0.15) is 0 Å². The molecule has 3 aliphatic rings. The van der Waals surface area contributed by atoms with Gasteiger partial charge in [0.25, 0.3) is 0 Å². The van der Waals surface area contributed by atoms with E-state index < -0.39 is 19.2 Å². The van der Waals surface area contributed by atoms with E-state index in [1.54, 1.807) is 0 Å². The van der Waals surface area contributed by atoms with Gasteiger partial charge in [0.2, 0.25) is 0 Å². The van der Waals surface area contributed by atoms with Crippen LogP contribution in [0.15, 0.2) is 12.1 Å². The van der Waals surface area contributed by atoms with Gasteiger partial charge in [0.05, 0.1) is 11.4 Å². The summed E-state index contributed by atoms with van der Waals surface area (Å²) in [6.45, 7) is 4.75. The van der Waals surface area contributed by atoms with E-state index in [-0.39, 0.29) is 6.39 Å². The van der Waals surface area contributed by atoms with Crippen LogP contribution in [0.2, 0.25) is 0 Å². The van der Waals surface area contributed by atoms with Gasteiger partial charge >= 0.3 is 82.3 Å². The zero-order chi connectivity index (χ0) is 20.6. The fourth-order valence-corrected chi connectivity index (χ4v) is 4.58. The van der Waals surface area contributed by atoms with E-state index in [0.29, 0.717) is 10.8 Å². The molecule has 0 aliphatic heterocycles. The van der Waals surface area contributed by atoms with Gasteiger partial charge in [-0.3, -0.25) is 0 Å². The van der Waals surface area contributed by atoms with Gasteiger partial charge in [0.15, 0.2) is 0 Å². The van der Waals surface area contributed by atoms with Crippen LogP contribution in [0.3, 0.4) is 0 Å². The molecule has 2 nitrogen and oxygen atoms in total. The molecule has 0 amide bonds. The summed E-state index contributed by atoms with van der Waals surface area (Å²) in [5.41, 5.74) is 17.0. The van der Waals surface area contributed by atoms with Crippen molar-refractivity contribution in [2.24, 2.45) is 0 Å². The molecular weight excluding hydrogens is 336 g/mol. The second kappa shape index (κ2) is 8.59. The number of nitrogen functional groups attached to an aromatic ring is 2. The molecule has 4 N–H and O–H groups in total. The van der Waals surface area contributed by atoms with Gasteiger partial charge in [-0.1, -0.05) is 13.8 Å². The van der Waals surface area contributed by atoms with Crippen LogP contribution in [0.25, 0.3) is 0 Å². The van der Waals surface area contributed by atoms with E-state index >= 15 is 0 Å². The van der Waals surface area contributed by atoms with Crippen molar-refractivity contribution >= 4 is 93.7 Å². The number of benzene rings is 1. The number of hydrogen-bond donors (Lipinski definition) is 2. The fourth-order valence-electron chi connectivity index (χ4n) is 4.22. The second-order valence-corrected chi connectivity index (χ2v) is 8.87. The molecule has 1 fully saturated rings. The van der Waals surface area contributed by atoms with Crippen molar-refractivity contribution in [3.05, 3.63) is 23.3 Å². The Kier molecular flexibility index (Phi) is 7.31. The summed E-state index contributed by atoms with van der Waals surface area (Å²) < 4.78 is 0. The SMILES string of the molecule is CC12CCC(C)(CC1)c1cc(N)c(N)cc12.[B]B([B])B([B])B(B=S)B([B])[B]. The topological polar surface area (TPSA) is 52.0 Å². The number of anilines is 2. The average Bonchev–Trinajstić information content (AvgIpc) is 2.59. The third-order valence-electron chi connectivity index (χ3n) is 6.47. The van der Waals surface area contributed by atoms with Crippen LogP contribution in [-0.2, 0) is 10.8 Å². The molecule has 0 heterocycles. The number of fused-ring (bicyclic) bond motifs is 2. The standard InChI is InChI=1S/C14H20N2.B10S/c1-13-3-5-14(2,6-4-13)10-8-12(16)11(15)7-9(10)13;1-7(2)9(5)10(6-11)8(3)4/h7-8H,3-6,15-16H2,1-2H3;. The van der Waals surface area contributed by atoms with Gasteiger partial charge in [0, 0.05) is 0 Å². The Morgan fingerprint density at radius 1 is 0.852 bits per heavy atom. The Morgan fingerprint density at radius 2 is 1.22 bits per heavy atom. The minimum absolute atomic E-state index is 0.315. The van der Waals surface area contributed by atoms with Crippen LogP contribution in [0.5, 0.6) is 0 Å². The van der Waals surface area contributed by atoms with Crippen molar-refractivity contribution in [1.29, 1.82) is 0 Å². The van der Waals surface area contributed by atoms with Crippen LogP contribution in [-0.4, -0.2) is 70.3 Å². The number of nitrogens with two attached hydrogens (primary N) is 2. The van der Waals surface area contributed by atoms with Crippen LogP contribution in [0.1, 0.15) is 50.7 Å². The summed E-state index contributed by atoms with van der Waals surface area (Å²) >= 11 is 4.67. The molecular formula is C14H20B10N2S. The zero-order valence-corrected chi connectivity index (χ0v) is 17.1. The maximum atomic E-state index is 5.95. The Balaban J connectivity index is 0.000000211. The molecule has 13 heteroatoms. The van der Waals surface area contributed by atoms with Gasteiger partial charge in [0.1, 0.15) is 0 Å². The van der Waals surface area contributed by atoms with Crippen LogP contribution in [0, 0.1) is 0 Å². The molecule has 1 aromatic carbocycles. The summed E-state index contributed by atoms with van der Waals surface area (Å²) in [6.07, 6.45) is 3.13. The predicted molar refractivity (Wildman–Crippen MR) is 134 cm³/mol. The van der Waals surface area contributed by atoms with Crippen LogP contribution >= 0.6 is 12.1 Å². The van der Waals surface area contributed by atoms with Gasteiger partial charge < -0.3 is 11.5 Å². The van der Waals surface area contributed by atoms with Gasteiger partial charge in [-0.25, -0.2) is 0 Å². The Morgan fingerprint density at radius 3 is 1.44 bits per heavy atom. The van der Waals surface area contributed by atoms with Crippen LogP contribution in [0.4, 0.5) is 11.4 Å². The van der Waals surface area contributed by atoms with Crippen molar-refractivity contribution in [2.45, 2.75) is 50.4 Å². The third kappa shape index (κ3) is 4.65. The Labute approximate surface area is 178 Å². The molecule has 27 heavy (non-hydrogen) atoms. The summed E-state index contributed by atoms with van der Waals surface area (Å²) in [6, 6.07) is 5.66. The van der Waals surface area contributed by atoms with E-state index in [1.165, 1.54) is 42.9 Å².